The molecule has 0 aliphatic carbocycles. The van der Waals surface area contributed by atoms with Gasteiger partial charge >= 0.3 is 6.09 Å². The van der Waals surface area contributed by atoms with Crippen molar-refractivity contribution in [1.82, 2.24) is 4.90 Å². The molecular weight excluding hydrogens is 292 g/mol. The first kappa shape index (κ1) is 15.4. The number of ether oxygens (including phenoxy) is 1. The van der Waals surface area contributed by atoms with Crippen LogP contribution in [0, 0.1) is 0 Å². The highest BCUT2D eigenvalue weighted by molar-refractivity contribution is 5.84. The van der Waals surface area contributed by atoms with E-state index in [4.69, 9.17) is 4.74 Å². The zero-order valence-corrected chi connectivity index (χ0v) is 12.8. The van der Waals surface area contributed by atoms with Crippen LogP contribution in [0.25, 0.3) is 0 Å². The number of likely N-dealkylation sites (tertiary alicyclic amines) is 1. The van der Waals surface area contributed by atoms with Gasteiger partial charge in [-0.2, -0.15) is 0 Å². The molecule has 0 saturated carbocycles. The van der Waals surface area contributed by atoms with Crippen molar-refractivity contribution in [1.29, 1.82) is 0 Å². The highest BCUT2D eigenvalue weighted by Crippen LogP contribution is 2.18. The topological polar surface area (TPSA) is 61.8 Å². The highest BCUT2D eigenvalue weighted by Gasteiger charge is 2.25. The van der Waals surface area contributed by atoms with E-state index in [1.807, 2.05) is 18.2 Å². The number of benzene rings is 2. The molecule has 120 valence electrons. The van der Waals surface area contributed by atoms with Gasteiger partial charge in [-0.15, -0.1) is 0 Å². The summed E-state index contributed by atoms with van der Waals surface area (Å²) in [6.07, 6.45) is 0.300. The molecule has 0 bridgehead atoms. The summed E-state index contributed by atoms with van der Waals surface area (Å²) in [5.74, 6) is 0.163. The van der Waals surface area contributed by atoms with Crippen LogP contribution < -0.4 is 5.32 Å². The van der Waals surface area contributed by atoms with E-state index in [1.165, 1.54) is 17.7 Å². The summed E-state index contributed by atoms with van der Waals surface area (Å²) >= 11 is 0. The standard InChI is InChI=1S/C18H20N2O3/c21-16-8-6-15(7-9-16)19-18(22)23-17-10-11-20(13-17)12-14-4-2-1-3-5-14/h1-9,17,21H,10-13H2,(H,19,22). The first-order valence-electron chi connectivity index (χ1n) is 7.72. The van der Waals surface area contributed by atoms with Crippen LogP contribution in [0.4, 0.5) is 10.5 Å². The summed E-state index contributed by atoms with van der Waals surface area (Å²) in [6, 6.07) is 16.6. The first-order valence-corrected chi connectivity index (χ1v) is 7.72. The molecule has 1 aliphatic rings. The maximum atomic E-state index is 11.9. The lowest BCUT2D eigenvalue weighted by Crippen LogP contribution is -2.26. The second-order valence-corrected chi connectivity index (χ2v) is 5.71. The number of nitrogens with zero attached hydrogens (tertiary/aromatic N) is 1. The predicted molar refractivity (Wildman–Crippen MR) is 88.3 cm³/mol. The van der Waals surface area contributed by atoms with Crippen molar-refractivity contribution in [2.75, 3.05) is 18.4 Å². The first-order chi connectivity index (χ1) is 11.2. The molecule has 0 aromatic heterocycles. The van der Waals surface area contributed by atoms with E-state index in [0.29, 0.717) is 5.69 Å². The smallest absolute Gasteiger partial charge is 0.411 e. The van der Waals surface area contributed by atoms with E-state index in [9.17, 15) is 9.90 Å². The van der Waals surface area contributed by atoms with Gasteiger partial charge in [-0.25, -0.2) is 4.79 Å². The molecule has 2 aromatic carbocycles. The van der Waals surface area contributed by atoms with Gasteiger partial charge in [-0.05, 0) is 36.2 Å². The van der Waals surface area contributed by atoms with Crippen molar-refractivity contribution < 1.29 is 14.6 Å². The van der Waals surface area contributed by atoms with Gasteiger partial charge in [-0.3, -0.25) is 10.2 Å². The Morgan fingerprint density at radius 3 is 2.65 bits per heavy atom. The largest absolute Gasteiger partial charge is 0.508 e. The van der Waals surface area contributed by atoms with Gasteiger partial charge < -0.3 is 9.84 Å². The molecule has 1 amide bonds. The Balaban J connectivity index is 1.46. The molecule has 1 unspecified atom stereocenters. The van der Waals surface area contributed by atoms with Gasteiger partial charge in [0.15, 0.2) is 0 Å². The molecular formula is C18H20N2O3. The number of nitrogens with one attached hydrogen (secondary N) is 1. The van der Waals surface area contributed by atoms with Crippen LogP contribution in [0.15, 0.2) is 54.6 Å². The van der Waals surface area contributed by atoms with E-state index >= 15 is 0 Å². The average molecular weight is 312 g/mol. The summed E-state index contributed by atoms with van der Waals surface area (Å²) in [5.41, 5.74) is 1.87. The summed E-state index contributed by atoms with van der Waals surface area (Å²) in [7, 11) is 0. The van der Waals surface area contributed by atoms with Gasteiger partial charge in [0.05, 0.1) is 0 Å². The fourth-order valence-electron chi connectivity index (χ4n) is 2.72. The fourth-order valence-corrected chi connectivity index (χ4v) is 2.72. The zero-order chi connectivity index (χ0) is 16.1. The van der Waals surface area contributed by atoms with E-state index in [-0.39, 0.29) is 11.9 Å². The quantitative estimate of drug-likeness (QED) is 0.851. The number of carbonyl (C=O) groups excluding carboxylic acids is 1. The van der Waals surface area contributed by atoms with Gasteiger partial charge in [0.25, 0.3) is 0 Å². The maximum Gasteiger partial charge on any atom is 0.411 e. The van der Waals surface area contributed by atoms with Crippen molar-refractivity contribution >= 4 is 11.8 Å². The fraction of sp³-hybridized carbons (Fsp3) is 0.278. The van der Waals surface area contributed by atoms with Gasteiger partial charge in [0.1, 0.15) is 11.9 Å². The molecule has 1 saturated heterocycles. The Bertz CT molecular complexity index is 643. The van der Waals surface area contributed by atoms with Crippen LogP contribution >= 0.6 is 0 Å². The molecule has 1 fully saturated rings. The van der Waals surface area contributed by atoms with Gasteiger partial charge in [0, 0.05) is 25.3 Å². The van der Waals surface area contributed by atoms with E-state index < -0.39 is 6.09 Å². The molecule has 2 aromatic rings. The minimum absolute atomic E-state index is 0.0872. The second kappa shape index (κ2) is 7.15. The average Bonchev–Trinajstić information content (AvgIpc) is 2.97. The van der Waals surface area contributed by atoms with Crippen LogP contribution in [0.1, 0.15) is 12.0 Å². The number of aromatic hydroxyl groups is 1. The number of hydrogen-bond donors (Lipinski definition) is 2. The maximum absolute atomic E-state index is 11.9. The van der Waals surface area contributed by atoms with Crippen LogP contribution in [0.3, 0.4) is 0 Å². The number of amides is 1. The molecule has 5 heteroatoms. The Morgan fingerprint density at radius 2 is 1.91 bits per heavy atom. The van der Waals surface area contributed by atoms with Crippen molar-refractivity contribution in [2.45, 2.75) is 19.1 Å². The normalized spacial score (nSPS) is 17.8. The molecule has 0 spiro atoms. The summed E-state index contributed by atoms with van der Waals surface area (Å²) in [5, 5.41) is 11.9. The number of anilines is 1. The van der Waals surface area contributed by atoms with Crippen LogP contribution in [0.5, 0.6) is 5.75 Å². The monoisotopic (exact) mass is 312 g/mol. The van der Waals surface area contributed by atoms with Crippen LogP contribution in [0.2, 0.25) is 0 Å². The third-order valence-corrected chi connectivity index (χ3v) is 3.87. The zero-order valence-electron chi connectivity index (χ0n) is 12.8. The SMILES string of the molecule is O=C(Nc1ccc(O)cc1)OC1CCN(Cc2ccccc2)C1. The molecule has 1 atom stereocenters. The van der Waals surface area contributed by atoms with Gasteiger partial charge in [-0.1, -0.05) is 30.3 Å². The molecule has 1 heterocycles. The Labute approximate surface area is 135 Å². The predicted octanol–water partition coefficient (Wildman–Crippen LogP) is 3.22. The van der Waals surface area contributed by atoms with E-state index in [0.717, 1.165) is 26.1 Å². The van der Waals surface area contributed by atoms with Crippen molar-refractivity contribution in [3.05, 3.63) is 60.2 Å². The van der Waals surface area contributed by atoms with Crippen LogP contribution in [-0.2, 0) is 11.3 Å². The molecule has 3 rings (SSSR count). The van der Waals surface area contributed by atoms with E-state index in [2.05, 4.69) is 22.3 Å². The highest BCUT2D eigenvalue weighted by atomic mass is 16.6. The lowest BCUT2D eigenvalue weighted by atomic mass is 10.2. The number of carbonyl (C=O) groups is 1. The second-order valence-electron chi connectivity index (χ2n) is 5.71. The van der Waals surface area contributed by atoms with E-state index in [1.54, 1.807) is 12.1 Å². The third kappa shape index (κ3) is 4.47. The Morgan fingerprint density at radius 1 is 1.17 bits per heavy atom. The molecule has 23 heavy (non-hydrogen) atoms. The van der Waals surface area contributed by atoms with Crippen molar-refractivity contribution in [3.63, 3.8) is 0 Å². The van der Waals surface area contributed by atoms with Crippen molar-refractivity contribution in [2.24, 2.45) is 0 Å². The number of phenolic OH excluding ortho intramolecular Hbond substituents is 1. The lowest BCUT2D eigenvalue weighted by molar-refractivity contribution is 0.113. The summed E-state index contributed by atoms with van der Waals surface area (Å²) in [4.78, 5) is 14.2. The molecule has 5 nitrogen and oxygen atoms in total. The molecule has 0 radical (unpaired) electrons. The number of phenols is 1. The lowest BCUT2D eigenvalue weighted by Gasteiger charge is -2.16. The third-order valence-electron chi connectivity index (χ3n) is 3.87. The summed E-state index contributed by atoms with van der Waals surface area (Å²) < 4.78 is 5.46. The molecule has 2 N–H and O–H groups in total. The molecule has 1 aliphatic heterocycles. The Hall–Kier alpha value is -2.53. The van der Waals surface area contributed by atoms with Gasteiger partial charge in [0.2, 0.25) is 0 Å². The van der Waals surface area contributed by atoms with Crippen LogP contribution in [-0.4, -0.2) is 35.3 Å². The minimum Gasteiger partial charge on any atom is -0.508 e. The number of rotatable bonds is 4. The minimum atomic E-state index is -0.456. The summed E-state index contributed by atoms with van der Waals surface area (Å²) in [6.45, 7) is 2.55. The Kier molecular flexibility index (Phi) is 4.78. The van der Waals surface area contributed by atoms with Crippen molar-refractivity contribution in [3.8, 4) is 5.75 Å². The number of hydrogen-bond acceptors (Lipinski definition) is 4.